The van der Waals surface area contributed by atoms with Gasteiger partial charge in [-0.15, -0.1) is 0 Å². The fraction of sp³-hybridized carbons (Fsp3) is 0.286. The number of nitrogens with one attached hydrogen (secondary N) is 1. The molecule has 0 unspecified atom stereocenters. The summed E-state index contributed by atoms with van der Waals surface area (Å²) in [6.07, 6.45) is 1.84. The molecule has 1 heterocycles. The van der Waals surface area contributed by atoms with E-state index in [0.29, 0.717) is 18.0 Å². The molecular weight excluding hydrogens is 260 g/mol. The first-order valence-corrected chi connectivity index (χ1v) is 7.77. The highest BCUT2D eigenvalue weighted by molar-refractivity contribution is 7.89. The van der Waals surface area contributed by atoms with Crippen molar-refractivity contribution in [3.05, 3.63) is 42.6 Å². The van der Waals surface area contributed by atoms with Crippen molar-refractivity contribution >= 4 is 10.0 Å². The lowest BCUT2D eigenvalue weighted by Crippen LogP contribution is -2.30. The minimum atomic E-state index is -3.36. The Balaban J connectivity index is 2.33. The van der Waals surface area contributed by atoms with E-state index >= 15 is 0 Å². The number of nitrogens with zero attached hydrogens (tertiary/aromatic N) is 1. The van der Waals surface area contributed by atoms with Gasteiger partial charge in [0.15, 0.2) is 0 Å². The standard InChI is InChI=1S/C14H18N2O2S/c1-3-16(4-2)19(17,18)13-9-7-12(8-10-13)14-6-5-11-15-14/h5-11,15H,3-4H2,1-2H3. The smallest absolute Gasteiger partial charge is 0.243 e. The molecule has 102 valence electrons. The maximum absolute atomic E-state index is 12.3. The normalized spacial score (nSPS) is 11.9. The lowest BCUT2D eigenvalue weighted by molar-refractivity contribution is 0.445. The van der Waals surface area contributed by atoms with Crippen LogP contribution in [-0.4, -0.2) is 30.8 Å². The van der Waals surface area contributed by atoms with Crippen LogP contribution in [-0.2, 0) is 10.0 Å². The molecule has 2 rings (SSSR count). The minimum Gasteiger partial charge on any atom is -0.361 e. The first-order valence-electron chi connectivity index (χ1n) is 6.33. The average Bonchev–Trinajstić information content (AvgIpc) is 2.94. The molecule has 19 heavy (non-hydrogen) atoms. The number of benzene rings is 1. The molecule has 0 aliphatic carbocycles. The molecule has 0 radical (unpaired) electrons. The fourth-order valence-corrected chi connectivity index (χ4v) is 3.49. The van der Waals surface area contributed by atoms with Crippen molar-refractivity contribution < 1.29 is 8.42 Å². The molecule has 1 aromatic heterocycles. The highest BCUT2D eigenvalue weighted by Gasteiger charge is 2.21. The fourth-order valence-electron chi connectivity index (χ4n) is 2.03. The van der Waals surface area contributed by atoms with E-state index in [1.165, 1.54) is 4.31 Å². The summed E-state index contributed by atoms with van der Waals surface area (Å²) in [5.74, 6) is 0. The second-order valence-electron chi connectivity index (χ2n) is 4.20. The summed E-state index contributed by atoms with van der Waals surface area (Å²) < 4.78 is 26.1. The van der Waals surface area contributed by atoms with Crippen molar-refractivity contribution in [1.29, 1.82) is 0 Å². The SMILES string of the molecule is CCN(CC)S(=O)(=O)c1ccc(-c2ccc[nH]2)cc1. The molecule has 1 N–H and O–H groups in total. The summed E-state index contributed by atoms with van der Waals surface area (Å²) in [6, 6.07) is 10.8. The predicted octanol–water partition coefficient (Wildman–Crippen LogP) is 2.71. The molecule has 0 fully saturated rings. The third-order valence-electron chi connectivity index (χ3n) is 3.11. The number of sulfonamides is 1. The van der Waals surface area contributed by atoms with E-state index in [1.807, 2.05) is 44.3 Å². The average molecular weight is 278 g/mol. The number of aromatic amines is 1. The highest BCUT2D eigenvalue weighted by Crippen LogP contribution is 2.21. The Morgan fingerprint density at radius 2 is 1.68 bits per heavy atom. The van der Waals surface area contributed by atoms with Crippen LogP contribution < -0.4 is 0 Å². The second kappa shape index (κ2) is 5.59. The van der Waals surface area contributed by atoms with E-state index in [9.17, 15) is 8.42 Å². The molecule has 0 atom stereocenters. The Hall–Kier alpha value is -1.59. The molecule has 0 aliphatic rings. The summed E-state index contributed by atoms with van der Waals surface area (Å²) in [7, 11) is -3.36. The molecule has 2 aromatic rings. The Morgan fingerprint density at radius 1 is 1.05 bits per heavy atom. The van der Waals surface area contributed by atoms with Gasteiger partial charge in [0.2, 0.25) is 10.0 Å². The van der Waals surface area contributed by atoms with E-state index < -0.39 is 10.0 Å². The van der Waals surface area contributed by atoms with Gasteiger partial charge in [0.05, 0.1) is 4.90 Å². The summed E-state index contributed by atoms with van der Waals surface area (Å²) >= 11 is 0. The van der Waals surface area contributed by atoms with Crippen molar-refractivity contribution in [2.75, 3.05) is 13.1 Å². The predicted molar refractivity (Wildman–Crippen MR) is 76.3 cm³/mol. The zero-order valence-corrected chi connectivity index (χ0v) is 11.9. The van der Waals surface area contributed by atoms with Crippen LogP contribution in [0.2, 0.25) is 0 Å². The van der Waals surface area contributed by atoms with E-state index in [4.69, 9.17) is 0 Å². The lowest BCUT2D eigenvalue weighted by Gasteiger charge is -2.18. The number of H-pyrrole nitrogens is 1. The Labute approximate surface area is 114 Å². The van der Waals surface area contributed by atoms with E-state index in [-0.39, 0.29) is 0 Å². The van der Waals surface area contributed by atoms with Gasteiger partial charge in [-0.3, -0.25) is 0 Å². The molecule has 0 saturated carbocycles. The number of rotatable bonds is 5. The Kier molecular flexibility index (Phi) is 4.07. The van der Waals surface area contributed by atoms with E-state index in [0.717, 1.165) is 11.3 Å². The lowest BCUT2D eigenvalue weighted by atomic mass is 10.2. The quantitative estimate of drug-likeness (QED) is 0.914. The molecule has 5 heteroatoms. The first kappa shape index (κ1) is 13.8. The number of aromatic nitrogens is 1. The first-order chi connectivity index (χ1) is 9.09. The van der Waals surface area contributed by atoms with Crippen LogP contribution >= 0.6 is 0 Å². The van der Waals surface area contributed by atoms with Crippen molar-refractivity contribution in [1.82, 2.24) is 9.29 Å². The maximum atomic E-state index is 12.3. The largest absolute Gasteiger partial charge is 0.361 e. The van der Waals surface area contributed by atoms with Crippen LogP contribution in [0.3, 0.4) is 0 Å². The molecule has 0 spiro atoms. The molecule has 0 bridgehead atoms. The van der Waals surface area contributed by atoms with Crippen molar-refractivity contribution in [2.24, 2.45) is 0 Å². The van der Waals surface area contributed by atoms with Crippen molar-refractivity contribution in [2.45, 2.75) is 18.7 Å². The van der Waals surface area contributed by atoms with Gasteiger partial charge >= 0.3 is 0 Å². The third kappa shape index (κ3) is 2.72. The number of hydrogen-bond acceptors (Lipinski definition) is 2. The van der Waals surface area contributed by atoms with Crippen LogP contribution in [0.5, 0.6) is 0 Å². The van der Waals surface area contributed by atoms with Crippen LogP contribution in [0.1, 0.15) is 13.8 Å². The van der Waals surface area contributed by atoms with Gasteiger partial charge < -0.3 is 4.98 Å². The monoisotopic (exact) mass is 278 g/mol. The molecule has 4 nitrogen and oxygen atoms in total. The van der Waals surface area contributed by atoms with Gasteiger partial charge in [-0.25, -0.2) is 8.42 Å². The molecule has 1 aromatic carbocycles. The summed E-state index contributed by atoms with van der Waals surface area (Å²) in [5.41, 5.74) is 1.95. The van der Waals surface area contributed by atoms with Gasteiger partial charge in [-0.2, -0.15) is 4.31 Å². The van der Waals surface area contributed by atoms with Gasteiger partial charge in [0.25, 0.3) is 0 Å². The zero-order chi connectivity index (χ0) is 13.9. The van der Waals surface area contributed by atoms with Gasteiger partial charge in [-0.05, 0) is 29.8 Å². The van der Waals surface area contributed by atoms with E-state index in [1.54, 1.807) is 12.1 Å². The summed E-state index contributed by atoms with van der Waals surface area (Å²) in [6.45, 7) is 4.65. The van der Waals surface area contributed by atoms with E-state index in [2.05, 4.69) is 4.98 Å². The van der Waals surface area contributed by atoms with Gasteiger partial charge in [0.1, 0.15) is 0 Å². The summed E-state index contributed by atoms with van der Waals surface area (Å²) in [4.78, 5) is 3.44. The summed E-state index contributed by atoms with van der Waals surface area (Å²) in [5, 5.41) is 0. The minimum absolute atomic E-state index is 0.339. The molecule has 0 amide bonds. The zero-order valence-electron chi connectivity index (χ0n) is 11.1. The van der Waals surface area contributed by atoms with Gasteiger partial charge in [0, 0.05) is 25.0 Å². The Morgan fingerprint density at radius 3 is 2.16 bits per heavy atom. The molecule has 0 aliphatic heterocycles. The van der Waals surface area contributed by atoms with Crippen molar-refractivity contribution in [3.63, 3.8) is 0 Å². The van der Waals surface area contributed by atoms with Crippen molar-refractivity contribution in [3.8, 4) is 11.3 Å². The third-order valence-corrected chi connectivity index (χ3v) is 5.17. The topological polar surface area (TPSA) is 53.2 Å². The van der Waals surface area contributed by atoms with Crippen LogP contribution in [0, 0.1) is 0 Å². The maximum Gasteiger partial charge on any atom is 0.243 e. The second-order valence-corrected chi connectivity index (χ2v) is 6.14. The van der Waals surface area contributed by atoms with Crippen LogP contribution in [0.4, 0.5) is 0 Å². The van der Waals surface area contributed by atoms with Gasteiger partial charge in [-0.1, -0.05) is 26.0 Å². The highest BCUT2D eigenvalue weighted by atomic mass is 32.2. The molecule has 0 saturated heterocycles. The van der Waals surface area contributed by atoms with Crippen LogP contribution in [0.15, 0.2) is 47.5 Å². The Bertz CT molecular complexity index is 612. The van der Waals surface area contributed by atoms with Crippen LogP contribution in [0.25, 0.3) is 11.3 Å². The molecular formula is C14H18N2O2S. The number of hydrogen-bond donors (Lipinski definition) is 1.